The number of benzene rings is 1. The first-order valence-electron chi connectivity index (χ1n) is 5.47. The van der Waals surface area contributed by atoms with Gasteiger partial charge < -0.3 is 10.5 Å². The quantitative estimate of drug-likeness (QED) is 0.881. The molecule has 2 aromatic rings. The topological polar surface area (TPSA) is 48.1 Å². The van der Waals surface area contributed by atoms with Gasteiger partial charge in [0, 0.05) is 17.8 Å². The predicted molar refractivity (Wildman–Crippen MR) is 71.6 cm³/mol. The van der Waals surface area contributed by atoms with Crippen molar-refractivity contribution in [2.75, 3.05) is 0 Å². The zero-order valence-corrected chi connectivity index (χ0v) is 10.8. The van der Waals surface area contributed by atoms with Crippen LogP contribution in [0.15, 0.2) is 42.6 Å². The minimum Gasteiger partial charge on any atom is -0.439 e. The van der Waals surface area contributed by atoms with Gasteiger partial charge in [-0.3, -0.25) is 0 Å². The molecule has 0 aliphatic heterocycles. The van der Waals surface area contributed by atoms with Crippen molar-refractivity contribution >= 4 is 17.2 Å². The molecule has 0 saturated carbocycles. The number of alkyl halides is 3. The van der Waals surface area contributed by atoms with Crippen molar-refractivity contribution in [3.63, 3.8) is 0 Å². The van der Waals surface area contributed by atoms with Crippen LogP contribution < -0.4 is 10.5 Å². The van der Waals surface area contributed by atoms with Gasteiger partial charge in [0.25, 0.3) is 0 Å². The van der Waals surface area contributed by atoms with Gasteiger partial charge in [-0.25, -0.2) is 4.98 Å². The molecule has 0 aliphatic rings. The maximum absolute atomic E-state index is 12.4. The molecule has 0 aliphatic carbocycles. The first-order chi connectivity index (χ1) is 9.36. The minimum absolute atomic E-state index is 0.185. The molecule has 0 unspecified atom stereocenters. The summed E-state index contributed by atoms with van der Waals surface area (Å²) in [7, 11) is 0. The summed E-state index contributed by atoms with van der Waals surface area (Å²) in [6.07, 6.45) is -2.92. The highest BCUT2D eigenvalue weighted by atomic mass is 32.1. The summed E-state index contributed by atoms with van der Waals surface area (Å²) in [5.41, 5.74) is 5.29. The van der Waals surface area contributed by atoms with E-state index in [0.29, 0.717) is 5.56 Å². The number of pyridine rings is 1. The largest absolute Gasteiger partial charge is 0.439 e. The first kappa shape index (κ1) is 14.3. The van der Waals surface area contributed by atoms with Gasteiger partial charge in [-0.15, -0.1) is 0 Å². The van der Waals surface area contributed by atoms with E-state index in [1.807, 2.05) is 0 Å². The molecule has 1 aromatic carbocycles. The predicted octanol–water partition coefficient (Wildman–Crippen LogP) is 3.53. The molecule has 1 aromatic heterocycles. The fraction of sp³-hybridized carbons (Fsp3) is 0.0769. The molecule has 2 N–H and O–H groups in total. The van der Waals surface area contributed by atoms with Gasteiger partial charge in [0.15, 0.2) is 0 Å². The number of nitrogens with zero attached hydrogens (tertiary/aromatic N) is 1. The van der Waals surface area contributed by atoms with Crippen LogP contribution in [0.25, 0.3) is 0 Å². The third-order valence-corrected chi connectivity index (χ3v) is 2.66. The third-order valence-electron chi connectivity index (χ3n) is 2.42. The second-order valence-corrected chi connectivity index (χ2v) is 4.31. The molecule has 20 heavy (non-hydrogen) atoms. The Balaban J connectivity index is 2.18. The Kier molecular flexibility index (Phi) is 3.89. The van der Waals surface area contributed by atoms with Crippen molar-refractivity contribution < 1.29 is 17.9 Å². The van der Waals surface area contributed by atoms with E-state index in [-0.39, 0.29) is 16.6 Å². The molecular weight excluding hydrogens is 289 g/mol. The monoisotopic (exact) mass is 298 g/mol. The minimum atomic E-state index is -4.37. The Labute approximate surface area is 118 Å². The molecule has 0 radical (unpaired) electrons. The average molecular weight is 298 g/mol. The van der Waals surface area contributed by atoms with Gasteiger partial charge in [-0.1, -0.05) is 12.2 Å². The highest BCUT2D eigenvalue weighted by molar-refractivity contribution is 7.80. The van der Waals surface area contributed by atoms with Gasteiger partial charge in [0.1, 0.15) is 10.7 Å². The summed E-state index contributed by atoms with van der Waals surface area (Å²) in [4.78, 5) is 4.11. The standard InChI is InChI=1S/C13H9F3N2OS/c14-13(15,16)9-1-3-10(4-2-9)19-11-7-8(12(17)20)5-6-18-11/h1-7H,(H2,17,20). The van der Waals surface area contributed by atoms with Gasteiger partial charge in [0.05, 0.1) is 5.56 Å². The normalized spacial score (nSPS) is 11.2. The molecule has 0 saturated heterocycles. The molecule has 0 spiro atoms. The third kappa shape index (κ3) is 3.45. The van der Waals surface area contributed by atoms with E-state index in [1.165, 1.54) is 24.4 Å². The summed E-state index contributed by atoms with van der Waals surface area (Å²) in [6, 6.07) is 7.44. The zero-order chi connectivity index (χ0) is 14.8. The van der Waals surface area contributed by atoms with Crippen LogP contribution in [-0.2, 0) is 6.18 Å². The Hall–Kier alpha value is -2.15. The van der Waals surface area contributed by atoms with Crippen LogP contribution >= 0.6 is 12.2 Å². The lowest BCUT2D eigenvalue weighted by atomic mass is 10.2. The molecule has 1 heterocycles. The van der Waals surface area contributed by atoms with Crippen LogP contribution in [0.1, 0.15) is 11.1 Å². The smallest absolute Gasteiger partial charge is 0.416 e. The number of hydrogen-bond acceptors (Lipinski definition) is 3. The lowest BCUT2D eigenvalue weighted by Crippen LogP contribution is -2.09. The van der Waals surface area contributed by atoms with E-state index in [0.717, 1.165) is 12.1 Å². The summed E-state index contributed by atoms with van der Waals surface area (Å²) in [5.74, 6) is 0.445. The highest BCUT2D eigenvalue weighted by Gasteiger charge is 2.30. The second kappa shape index (κ2) is 5.46. The lowest BCUT2D eigenvalue weighted by Gasteiger charge is -2.09. The molecular formula is C13H9F3N2OS. The van der Waals surface area contributed by atoms with E-state index in [4.69, 9.17) is 22.7 Å². The van der Waals surface area contributed by atoms with Gasteiger partial charge in [-0.05, 0) is 30.3 Å². The zero-order valence-electron chi connectivity index (χ0n) is 10.0. The van der Waals surface area contributed by atoms with Crippen LogP contribution in [0.3, 0.4) is 0 Å². The summed E-state index contributed by atoms with van der Waals surface area (Å²) < 4.78 is 42.6. The number of ether oxygens (including phenoxy) is 1. The summed E-state index contributed by atoms with van der Waals surface area (Å²) >= 11 is 4.81. The Morgan fingerprint density at radius 3 is 2.35 bits per heavy atom. The fourth-order valence-corrected chi connectivity index (χ4v) is 1.58. The van der Waals surface area contributed by atoms with Crippen molar-refractivity contribution in [3.05, 3.63) is 53.7 Å². The lowest BCUT2D eigenvalue weighted by molar-refractivity contribution is -0.137. The van der Waals surface area contributed by atoms with Crippen molar-refractivity contribution in [3.8, 4) is 11.6 Å². The Bertz CT molecular complexity index is 626. The van der Waals surface area contributed by atoms with Crippen molar-refractivity contribution in [1.82, 2.24) is 4.98 Å². The van der Waals surface area contributed by atoms with Crippen LogP contribution in [-0.4, -0.2) is 9.97 Å². The SMILES string of the molecule is NC(=S)c1ccnc(Oc2ccc(C(F)(F)F)cc2)c1. The van der Waals surface area contributed by atoms with Gasteiger partial charge in [-0.2, -0.15) is 13.2 Å². The van der Waals surface area contributed by atoms with E-state index < -0.39 is 11.7 Å². The molecule has 0 bridgehead atoms. The molecule has 7 heteroatoms. The van der Waals surface area contributed by atoms with Crippen LogP contribution in [0.4, 0.5) is 13.2 Å². The number of halogens is 3. The van der Waals surface area contributed by atoms with E-state index in [9.17, 15) is 13.2 Å². The van der Waals surface area contributed by atoms with Crippen molar-refractivity contribution in [2.24, 2.45) is 5.73 Å². The molecule has 0 fully saturated rings. The molecule has 104 valence electrons. The van der Waals surface area contributed by atoms with Gasteiger partial charge >= 0.3 is 6.18 Å². The summed E-state index contributed by atoms with van der Waals surface area (Å²) in [5, 5.41) is 0. The van der Waals surface area contributed by atoms with E-state index in [2.05, 4.69) is 4.98 Å². The van der Waals surface area contributed by atoms with Gasteiger partial charge in [0.2, 0.25) is 5.88 Å². The second-order valence-electron chi connectivity index (χ2n) is 3.87. The maximum Gasteiger partial charge on any atom is 0.416 e. The van der Waals surface area contributed by atoms with E-state index in [1.54, 1.807) is 6.07 Å². The average Bonchev–Trinajstić information content (AvgIpc) is 2.38. The number of aromatic nitrogens is 1. The number of thiocarbonyl (C=S) groups is 1. The van der Waals surface area contributed by atoms with E-state index >= 15 is 0 Å². The molecule has 0 amide bonds. The number of hydrogen-bond donors (Lipinski definition) is 1. The maximum atomic E-state index is 12.4. The van der Waals surface area contributed by atoms with Crippen LogP contribution in [0, 0.1) is 0 Å². The first-order valence-corrected chi connectivity index (χ1v) is 5.88. The highest BCUT2D eigenvalue weighted by Crippen LogP contribution is 2.31. The van der Waals surface area contributed by atoms with Crippen LogP contribution in [0.2, 0.25) is 0 Å². The Morgan fingerprint density at radius 1 is 1.15 bits per heavy atom. The molecule has 3 nitrogen and oxygen atoms in total. The van der Waals surface area contributed by atoms with Crippen molar-refractivity contribution in [1.29, 1.82) is 0 Å². The summed E-state index contributed by atoms with van der Waals surface area (Å²) in [6.45, 7) is 0. The van der Waals surface area contributed by atoms with Crippen LogP contribution in [0.5, 0.6) is 11.6 Å². The fourth-order valence-electron chi connectivity index (χ4n) is 1.45. The number of nitrogens with two attached hydrogens (primary N) is 1. The molecule has 0 atom stereocenters. The molecule has 2 rings (SSSR count). The van der Waals surface area contributed by atoms with Crippen molar-refractivity contribution in [2.45, 2.75) is 6.18 Å². The Morgan fingerprint density at radius 2 is 1.80 bits per heavy atom. The number of rotatable bonds is 3.